The zero-order valence-electron chi connectivity index (χ0n) is 33.5. The fraction of sp³-hybridized carbons (Fsp3) is 0.341. The smallest absolute Gasteiger partial charge is 0.255 e. The van der Waals surface area contributed by atoms with Gasteiger partial charge in [0.2, 0.25) is 11.8 Å². The zero-order chi connectivity index (χ0) is 43.1. The van der Waals surface area contributed by atoms with Crippen molar-refractivity contribution in [3.05, 3.63) is 111 Å². The number of imide groups is 1. The van der Waals surface area contributed by atoms with E-state index in [1.807, 2.05) is 36.4 Å². The van der Waals surface area contributed by atoms with Gasteiger partial charge < -0.3 is 29.7 Å². The first-order valence-corrected chi connectivity index (χ1v) is 20.7. The highest BCUT2D eigenvalue weighted by Gasteiger charge is 2.50. The molecule has 15 nitrogen and oxygen atoms in total. The van der Waals surface area contributed by atoms with Crippen LogP contribution in [0.15, 0.2) is 67.0 Å². The maximum atomic E-state index is 16.8. The van der Waals surface area contributed by atoms with Crippen LogP contribution in [0.4, 0.5) is 8.78 Å². The molecule has 18 heteroatoms. The molecule has 0 bridgehead atoms. The number of halogens is 3. The number of piperidine rings is 1. The third-order valence-corrected chi connectivity index (χ3v) is 12.3. The second-order valence-electron chi connectivity index (χ2n) is 15.6. The van der Waals surface area contributed by atoms with Crippen molar-refractivity contribution in [1.29, 1.82) is 0 Å². The Morgan fingerprint density at radius 2 is 1.90 bits per heavy atom. The molecule has 0 radical (unpaired) electrons. The molecule has 62 heavy (non-hydrogen) atoms. The molecule has 5 aromatic rings. The number of aromatic nitrogens is 4. The van der Waals surface area contributed by atoms with Crippen LogP contribution < -0.4 is 25.4 Å². The van der Waals surface area contributed by atoms with Gasteiger partial charge in [0.15, 0.2) is 11.4 Å². The summed E-state index contributed by atoms with van der Waals surface area (Å²) < 4.78 is 52.3. The molecule has 2 fully saturated rings. The Labute approximate surface area is 359 Å². The molecule has 320 valence electrons. The second-order valence-corrected chi connectivity index (χ2v) is 15.9. The molecule has 3 aromatic carbocycles. The number of pyridine rings is 1. The Balaban J connectivity index is 0.865. The summed E-state index contributed by atoms with van der Waals surface area (Å²) in [5, 5.41) is 16.4. The monoisotopic (exact) mass is 866 g/mol. The van der Waals surface area contributed by atoms with E-state index < -0.39 is 41.0 Å². The van der Waals surface area contributed by atoms with Gasteiger partial charge in [-0.15, -0.1) is 5.10 Å². The summed E-state index contributed by atoms with van der Waals surface area (Å²) in [6, 6.07) is 15.3. The molecular formula is C44H41ClF2N8O7. The van der Waals surface area contributed by atoms with E-state index in [9.17, 15) is 19.2 Å². The lowest BCUT2D eigenvalue weighted by atomic mass is 9.80. The number of nitrogens with zero attached hydrogens (tertiary/aromatic N) is 5. The Morgan fingerprint density at radius 3 is 2.68 bits per heavy atom. The summed E-state index contributed by atoms with van der Waals surface area (Å²) >= 11 is 6.70. The lowest BCUT2D eigenvalue weighted by molar-refractivity contribution is -0.136. The molecule has 9 rings (SSSR count). The lowest BCUT2D eigenvalue weighted by Crippen LogP contribution is -2.52. The van der Waals surface area contributed by atoms with Gasteiger partial charge in [-0.1, -0.05) is 53.2 Å². The summed E-state index contributed by atoms with van der Waals surface area (Å²) in [5.41, 5.74) is 2.50. The average Bonchev–Trinajstić information content (AvgIpc) is 4.11. The molecule has 4 aliphatic heterocycles. The minimum Gasteiger partial charge on any atom is -0.480 e. The molecule has 4 amide bonds. The number of amides is 4. The molecule has 0 aliphatic carbocycles. The predicted molar refractivity (Wildman–Crippen MR) is 219 cm³/mol. The second kappa shape index (κ2) is 16.9. The topological polar surface area (TPSA) is 179 Å². The highest BCUT2D eigenvalue weighted by Crippen LogP contribution is 2.52. The number of ether oxygens (including phenoxy) is 3. The van der Waals surface area contributed by atoms with E-state index in [0.717, 1.165) is 36.1 Å². The molecule has 0 unspecified atom stereocenters. The highest BCUT2D eigenvalue weighted by molar-refractivity contribution is 6.34. The van der Waals surface area contributed by atoms with Gasteiger partial charge >= 0.3 is 0 Å². The number of hydrogen-bond acceptors (Lipinski definition) is 11. The van der Waals surface area contributed by atoms with Crippen molar-refractivity contribution < 1.29 is 42.2 Å². The number of carbonyl (C=O) groups is 4. The number of benzene rings is 3. The van der Waals surface area contributed by atoms with Crippen LogP contribution in [0.25, 0.3) is 22.4 Å². The van der Waals surface area contributed by atoms with Gasteiger partial charge in [0.25, 0.3) is 17.7 Å². The molecule has 2 saturated heterocycles. The number of rotatable bonds is 13. The normalized spacial score (nSPS) is 20.5. The van der Waals surface area contributed by atoms with Crippen LogP contribution in [-0.4, -0.2) is 94.0 Å². The third kappa shape index (κ3) is 7.43. The quantitative estimate of drug-likeness (QED) is 0.110. The Hall–Kier alpha value is -6.30. The van der Waals surface area contributed by atoms with Crippen molar-refractivity contribution in [2.45, 2.75) is 62.9 Å². The van der Waals surface area contributed by atoms with E-state index in [4.69, 9.17) is 25.8 Å². The van der Waals surface area contributed by atoms with Gasteiger partial charge in [-0.25, -0.2) is 18.4 Å². The van der Waals surface area contributed by atoms with E-state index in [-0.39, 0.29) is 90.9 Å². The first-order valence-electron chi connectivity index (χ1n) is 20.3. The van der Waals surface area contributed by atoms with Crippen molar-refractivity contribution in [2.75, 3.05) is 33.4 Å². The SMILES string of the molecule is CNC(=O)c1cnc(OCCOCCn2cc(-c3ccc4c(c3)CN([C@H]3CCC(=O)NC3=O)C4=O)nn2)c(F)c1-c1c(Cl)c(F)cc2c1C[C@](c1ccccc1)([C@@H]1CCCN1)O2. The van der Waals surface area contributed by atoms with Crippen LogP contribution in [0.2, 0.25) is 5.02 Å². The van der Waals surface area contributed by atoms with Gasteiger partial charge in [0.1, 0.15) is 29.9 Å². The highest BCUT2D eigenvalue weighted by atomic mass is 35.5. The number of carbonyl (C=O) groups excluding carboxylic acids is 4. The van der Waals surface area contributed by atoms with E-state index in [0.29, 0.717) is 23.4 Å². The molecule has 0 saturated carbocycles. The molecular weight excluding hydrogens is 826 g/mol. The summed E-state index contributed by atoms with van der Waals surface area (Å²) in [7, 11) is 1.40. The summed E-state index contributed by atoms with van der Waals surface area (Å²) in [5.74, 6) is -3.77. The first kappa shape index (κ1) is 41.1. The molecule has 4 aliphatic rings. The lowest BCUT2D eigenvalue weighted by Gasteiger charge is -2.35. The maximum Gasteiger partial charge on any atom is 0.255 e. The van der Waals surface area contributed by atoms with Crippen LogP contribution in [0.3, 0.4) is 0 Å². The minimum atomic E-state index is -0.994. The van der Waals surface area contributed by atoms with Gasteiger partial charge in [-0.2, -0.15) is 0 Å². The van der Waals surface area contributed by atoms with Crippen molar-refractivity contribution in [3.8, 4) is 34.0 Å². The summed E-state index contributed by atoms with van der Waals surface area (Å²) in [6.45, 7) is 1.47. The predicted octanol–water partition coefficient (Wildman–Crippen LogP) is 4.74. The van der Waals surface area contributed by atoms with Crippen molar-refractivity contribution in [3.63, 3.8) is 0 Å². The van der Waals surface area contributed by atoms with Crippen LogP contribution in [0, 0.1) is 11.6 Å². The van der Waals surface area contributed by atoms with Crippen LogP contribution in [0.5, 0.6) is 11.6 Å². The van der Waals surface area contributed by atoms with E-state index in [1.54, 1.807) is 23.0 Å². The molecule has 0 spiro atoms. The Bertz CT molecular complexity index is 2610. The summed E-state index contributed by atoms with van der Waals surface area (Å²) in [6.07, 6.45) is 5.31. The van der Waals surface area contributed by atoms with Crippen molar-refractivity contribution in [2.24, 2.45) is 0 Å². The van der Waals surface area contributed by atoms with Gasteiger partial charge in [0.05, 0.1) is 42.6 Å². The molecule has 3 atom stereocenters. The molecule has 2 aromatic heterocycles. The fourth-order valence-corrected chi connectivity index (χ4v) is 9.14. The van der Waals surface area contributed by atoms with Crippen LogP contribution in [0.1, 0.15) is 63.1 Å². The van der Waals surface area contributed by atoms with Gasteiger partial charge in [-0.3, -0.25) is 24.5 Å². The van der Waals surface area contributed by atoms with Gasteiger partial charge in [-0.05, 0) is 49.1 Å². The zero-order valence-corrected chi connectivity index (χ0v) is 34.3. The van der Waals surface area contributed by atoms with E-state index in [1.165, 1.54) is 24.2 Å². The Morgan fingerprint density at radius 1 is 1.06 bits per heavy atom. The number of nitrogens with one attached hydrogen (secondary N) is 3. The standard InChI is InChI=1S/C44H41ClF2N8O7/c1-48-40(57)29-21-50-42(39(47)37(29)36-28-20-44(34-8-5-13-49-34,26-6-3-2-4-7-26)62-33(28)19-30(46)38(36)45)61-17-16-60-15-14-54-23-31(52-53-54)24-9-10-27-25(18-24)22-55(43(27)59)32-11-12-35(56)51-41(32)58/h2-4,6-7,9-10,18-19,21,23,32,34,49H,5,8,11-17,20,22H2,1H3,(H,48,57)(H,51,56,58)/t32-,34-,44-/m0/s1. The van der Waals surface area contributed by atoms with Crippen LogP contribution >= 0.6 is 11.6 Å². The Kier molecular flexibility index (Phi) is 11.2. The van der Waals surface area contributed by atoms with E-state index >= 15 is 8.78 Å². The number of fused-ring (bicyclic) bond motifs is 2. The van der Waals surface area contributed by atoms with E-state index in [2.05, 4.69) is 31.2 Å². The number of hydrogen-bond donors (Lipinski definition) is 3. The van der Waals surface area contributed by atoms with Crippen LogP contribution in [-0.2, 0) is 39.4 Å². The largest absolute Gasteiger partial charge is 0.480 e. The third-order valence-electron chi connectivity index (χ3n) is 11.9. The van der Waals surface area contributed by atoms with Crippen molar-refractivity contribution in [1.82, 2.24) is 40.8 Å². The van der Waals surface area contributed by atoms with Crippen molar-refractivity contribution >= 4 is 35.2 Å². The average molecular weight is 867 g/mol. The molecule has 6 heterocycles. The summed E-state index contributed by atoms with van der Waals surface area (Å²) in [4.78, 5) is 55.9. The fourth-order valence-electron chi connectivity index (χ4n) is 8.87. The van der Waals surface area contributed by atoms with Gasteiger partial charge in [0, 0.05) is 66.5 Å². The first-order chi connectivity index (χ1) is 30.1. The maximum absolute atomic E-state index is 16.8. The minimum absolute atomic E-state index is 0.00755. The molecule has 3 N–H and O–H groups in total.